The summed E-state index contributed by atoms with van der Waals surface area (Å²) in [6, 6.07) is 3.43. The summed E-state index contributed by atoms with van der Waals surface area (Å²) >= 11 is 0. The lowest BCUT2D eigenvalue weighted by atomic mass is 10.3. The van der Waals surface area contributed by atoms with Gasteiger partial charge in [0.15, 0.2) is 0 Å². The van der Waals surface area contributed by atoms with Crippen molar-refractivity contribution in [2.24, 2.45) is 0 Å². The lowest BCUT2D eigenvalue weighted by Crippen LogP contribution is -2.28. The number of aliphatic hydroxyl groups excluding tert-OH is 1. The molecular weight excluding hydrogens is 288 g/mol. The Morgan fingerprint density at radius 1 is 1.45 bits per heavy atom. The highest BCUT2D eigenvalue weighted by atomic mass is 16.6. The third-order valence-electron chi connectivity index (χ3n) is 2.96. The number of aromatic nitrogens is 3. The maximum atomic E-state index is 11.4. The molecule has 0 aromatic carbocycles. The summed E-state index contributed by atoms with van der Waals surface area (Å²) in [5.74, 6) is 0.252. The van der Waals surface area contributed by atoms with E-state index in [-0.39, 0.29) is 30.5 Å². The Morgan fingerprint density at radius 3 is 2.86 bits per heavy atom. The zero-order valence-corrected chi connectivity index (χ0v) is 12.0. The molecule has 0 aliphatic rings. The van der Waals surface area contributed by atoms with Gasteiger partial charge in [-0.05, 0) is 19.1 Å². The molecule has 0 radical (unpaired) electrons. The molecule has 0 unspecified atom stereocenters. The average Bonchev–Trinajstić information content (AvgIpc) is 2.53. The number of rotatable bonds is 7. The number of nitrogens with one attached hydrogen (secondary N) is 1. The fourth-order valence-corrected chi connectivity index (χ4v) is 1.97. The highest BCUT2D eigenvalue weighted by Crippen LogP contribution is 2.33. The first-order valence-electron chi connectivity index (χ1n) is 6.69. The molecule has 0 atom stereocenters. The van der Waals surface area contributed by atoms with E-state index < -0.39 is 4.92 Å². The van der Waals surface area contributed by atoms with Gasteiger partial charge in [0, 0.05) is 19.3 Å². The largest absolute Gasteiger partial charge is 0.395 e. The Labute approximate surface area is 126 Å². The van der Waals surface area contributed by atoms with Crippen molar-refractivity contribution in [1.82, 2.24) is 15.0 Å². The van der Waals surface area contributed by atoms with Crippen LogP contribution in [0.15, 0.2) is 30.9 Å². The van der Waals surface area contributed by atoms with Gasteiger partial charge >= 0.3 is 5.69 Å². The van der Waals surface area contributed by atoms with Crippen molar-refractivity contribution in [3.05, 3.63) is 41.0 Å². The molecule has 0 fully saturated rings. The molecule has 2 aromatic rings. The van der Waals surface area contributed by atoms with Crippen molar-refractivity contribution < 1.29 is 10.0 Å². The Morgan fingerprint density at radius 2 is 2.27 bits per heavy atom. The van der Waals surface area contributed by atoms with Crippen molar-refractivity contribution >= 4 is 23.0 Å². The molecule has 0 amide bonds. The summed E-state index contributed by atoms with van der Waals surface area (Å²) in [5.41, 5.74) is 0.349. The highest BCUT2D eigenvalue weighted by Gasteiger charge is 2.26. The molecular formula is C13H16N6O3. The van der Waals surface area contributed by atoms with Crippen LogP contribution in [-0.4, -0.2) is 44.7 Å². The molecule has 0 aliphatic carbocycles. The van der Waals surface area contributed by atoms with Crippen LogP contribution in [-0.2, 0) is 0 Å². The van der Waals surface area contributed by atoms with Crippen molar-refractivity contribution in [2.45, 2.75) is 6.92 Å². The summed E-state index contributed by atoms with van der Waals surface area (Å²) in [5, 5.41) is 23.4. The molecule has 0 saturated heterocycles. The van der Waals surface area contributed by atoms with Crippen LogP contribution in [0.2, 0.25) is 0 Å². The van der Waals surface area contributed by atoms with Crippen molar-refractivity contribution in [1.29, 1.82) is 0 Å². The highest BCUT2D eigenvalue weighted by molar-refractivity contribution is 5.74. The number of anilines is 3. The van der Waals surface area contributed by atoms with Crippen LogP contribution >= 0.6 is 0 Å². The van der Waals surface area contributed by atoms with Crippen LogP contribution < -0.4 is 10.2 Å². The van der Waals surface area contributed by atoms with Crippen LogP contribution in [0.25, 0.3) is 0 Å². The van der Waals surface area contributed by atoms with Crippen LogP contribution in [0.1, 0.15) is 6.92 Å². The van der Waals surface area contributed by atoms with Gasteiger partial charge in [-0.2, -0.15) is 0 Å². The fourth-order valence-electron chi connectivity index (χ4n) is 1.97. The SMILES string of the molecule is CCN(CCO)c1ncnc(Nc2cccnc2)c1[N+](=O)[O-]. The lowest BCUT2D eigenvalue weighted by Gasteiger charge is -2.20. The molecule has 22 heavy (non-hydrogen) atoms. The standard InChI is InChI=1S/C13H16N6O3/c1-2-18(6-7-20)13-11(19(21)22)12(15-9-16-13)17-10-4-3-5-14-8-10/h3-5,8-9,20H,2,6-7H2,1H3,(H,15,16,17). The van der Waals surface area contributed by atoms with E-state index in [2.05, 4.69) is 20.3 Å². The predicted molar refractivity (Wildman–Crippen MR) is 81.2 cm³/mol. The van der Waals surface area contributed by atoms with E-state index in [1.165, 1.54) is 12.5 Å². The summed E-state index contributed by atoms with van der Waals surface area (Å²) in [6.45, 7) is 2.43. The first kappa shape index (κ1) is 15.6. The maximum absolute atomic E-state index is 11.4. The van der Waals surface area contributed by atoms with Gasteiger partial charge in [-0.3, -0.25) is 15.1 Å². The molecule has 9 heteroatoms. The second-order valence-corrected chi connectivity index (χ2v) is 4.32. The third-order valence-corrected chi connectivity index (χ3v) is 2.96. The molecule has 2 aromatic heterocycles. The number of hydrogen-bond donors (Lipinski definition) is 2. The molecule has 0 aliphatic heterocycles. The minimum atomic E-state index is -0.534. The zero-order chi connectivity index (χ0) is 15.9. The summed E-state index contributed by atoms with van der Waals surface area (Å²) in [4.78, 5) is 24.4. The second kappa shape index (κ2) is 7.27. The first-order valence-corrected chi connectivity index (χ1v) is 6.69. The quantitative estimate of drug-likeness (QED) is 0.581. The average molecular weight is 304 g/mol. The summed E-state index contributed by atoms with van der Waals surface area (Å²) in [7, 11) is 0. The third kappa shape index (κ3) is 3.44. The summed E-state index contributed by atoms with van der Waals surface area (Å²) < 4.78 is 0. The van der Waals surface area contributed by atoms with E-state index in [1.54, 1.807) is 23.2 Å². The normalized spacial score (nSPS) is 10.3. The molecule has 2 rings (SSSR count). The summed E-state index contributed by atoms with van der Waals surface area (Å²) in [6.07, 6.45) is 4.39. The van der Waals surface area contributed by atoms with Gasteiger partial charge < -0.3 is 15.3 Å². The van der Waals surface area contributed by atoms with Gasteiger partial charge in [0.1, 0.15) is 6.33 Å². The topological polar surface area (TPSA) is 117 Å². The molecule has 2 N–H and O–H groups in total. The molecule has 0 spiro atoms. The number of nitro groups is 1. The van der Waals surface area contributed by atoms with Crippen LogP contribution in [0.5, 0.6) is 0 Å². The number of pyridine rings is 1. The van der Waals surface area contributed by atoms with Crippen LogP contribution in [0.4, 0.5) is 23.0 Å². The minimum Gasteiger partial charge on any atom is -0.395 e. The Bertz CT molecular complexity index is 637. The van der Waals surface area contributed by atoms with Crippen LogP contribution in [0.3, 0.4) is 0 Å². The molecule has 0 saturated carbocycles. The molecule has 116 valence electrons. The van der Waals surface area contributed by atoms with Crippen molar-refractivity contribution in [2.75, 3.05) is 29.9 Å². The zero-order valence-electron chi connectivity index (χ0n) is 12.0. The van der Waals surface area contributed by atoms with Crippen molar-refractivity contribution in [3.8, 4) is 0 Å². The second-order valence-electron chi connectivity index (χ2n) is 4.32. The van der Waals surface area contributed by atoms with Gasteiger partial charge in [-0.25, -0.2) is 9.97 Å². The van der Waals surface area contributed by atoms with E-state index in [9.17, 15) is 10.1 Å². The first-order chi connectivity index (χ1) is 10.7. The number of hydrogen-bond acceptors (Lipinski definition) is 8. The van der Waals surface area contributed by atoms with E-state index in [1.807, 2.05) is 6.92 Å². The number of likely N-dealkylation sites (N-methyl/N-ethyl adjacent to an activating group) is 1. The van der Waals surface area contributed by atoms with E-state index in [0.29, 0.717) is 12.2 Å². The van der Waals surface area contributed by atoms with Gasteiger partial charge in [-0.15, -0.1) is 0 Å². The van der Waals surface area contributed by atoms with E-state index in [4.69, 9.17) is 5.11 Å². The van der Waals surface area contributed by atoms with Gasteiger partial charge in [-0.1, -0.05) is 0 Å². The Hall–Kier alpha value is -2.81. The molecule has 2 heterocycles. The van der Waals surface area contributed by atoms with Gasteiger partial charge in [0.2, 0.25) is 11.6 Å². The monoisotopic (exact) mass is 304 g/mol. The Kier molecular flexibility index (Phi) is 5.15. The van der Waals surface area contributed by atoms with Crippen molar-refractivity contribution in [3.63, 3.8) is 0 Å². The molecule has 0 bridgehead atoms. The Balaban J connectivity index is 2.44. The van der Waals surface area contributed by atoms with Crippen LogP contribution in [0, 0.1) is 10.1 Å². The van der Waals surface area contributed by atoms with E-state index >= 15 is 0 Å². The van der Waals surface area contributed by atoms with Gasteiger partial charge in [0.05, 0.1) is 23.4 Å². The predicted octanol–water partition coefficient (Wildman–Crippen LogP) is 1.34. The maximum Gasteiger partial charge on any atom is 0.353 e. The lowest BCUT2D eigenvalue weighted by molar-refractivity contribution is -0.383. The van der Waals surface area contributed by atoms with E-state index in [0.717, 1.165) is 0 Å². The number of nitrogens with zero attached hydrogens (tertiary/aromatic N) is 5. The number of aliphatic hydroxyl groups is 1. The minimum absolute atomic E-state index is 0.0828. The molecule has 9 nitrogen and oxygen atoms in total. The van der Waals surface area contributed by atoms with Gasteiger partial charge in [0.25, 0.3) is 0 Å². The smallest absolute Gasteiger partial charge is 0.353 e. The fraction of sp³-hybridized carbons (Fsp3) is 0.308.